The Morgan fingerprint density at radius 3 is 2.64 bits per heavy atom. The summed E-state index contributed by atoms with van der Waals surface area (Å²) in [6, 6.07) is 1.64. The molecule has 1 rings (SSSR count). The van der Waals surface area contributed by atoms with Gasteiger partial charge in [-0.05, 0) is 19.1 Å². The zero-order valence-corrected chi connectivity index (χ0v) is 11.9. The first-order valence-corrected chi connectivity index (χ1v) is 6.28. The first kappa shape index (κ1) is 18.0. The summed E-state index contributed by atoms with van der Waals surface area (Å²) in [4.78, 5) is 13.0. The third-order valence-corrected chi connectivity index (χ3v) is 2.82. The minimum absolute atomic E-state index is 0.104. The van der Waals surface area contributed by atoms with Crippen molar-refractivity contribution >= 4 is 11.7 Å². The molecule has 0 bridgehead atoms. The van der Waals surface area contributed by atoms with Crippen molar-refractivity contribution in [1.82, 2.24) is 4.90 Å². The van der Waals surface area contributed by atoms with Gasteiger partial charge in [-0.25, -0.2) is 9.18 Å². The molecule has 0 radical (unpaired) electrons. The van der Waals surface area contributed by atoms with E-state index in [0.717, 1.165) is 23.1 Å². The van der Waals surface area contributed by atoms with Crippen LogP contribution in [-0.2, 0) is 0 Å². The van der Waals surface area contributed by atoms with Crippen molar-refractivity contribution in [1.29, 1.82) is 0 Å². The van der Waals surface area contributed by atoms with Gasteiger partial charge in [0.15, 0.2) is 6.61 Å². The summed E-state index contributed by atoms with van der Waals surface area (Å²) in [5.41, 5.74) is -0.104. The number of halogens is 4. The topological polar surface area (TPSA) is 61.8 Å². The van der Waals surface area contributed by atoms with Crippen molar-refractivity contribution in [3.05, 3.63) is 24.0 Å². The summed E-state index contributed by atoms with van der Waals surface area (Å²) in [5, 5.41) is 11.3. The quantitative estimate of drug-likeness (QED) is 0.819. The number of rotatable bonds is 5. The lowest BCUT2D eigenvalue weighted by atomic mass is 10.2. The van der Waals surface area contributed by atoms with E-state index in [1.54, 1.807) is 6.92 Å². The first-order chi connectivity index (χ1) is 10.1. The second-order valence-electron chi connectivity index (χ2n) is 4.62. The van der Waals surface area contributed by atoms with E-state index < -0.39 is 36.4 Å². The number of hydrogen-bond donors (Lipinski definition) is 2. The van der Waals surface area contributed by atoms with Gasteiger partial charge >= 0.3 is 12.2 Å². The van der Waals surface area contributed by atoms with Gasteiger partial charge in [-0.2, -0.15) is 13.2 Å². The Morgan fingerprint density at radius 1 is 1.45 bits per heavy atom. The Bertz CT molecular complexity index is 522. The van der Waals surface area contributed by atoms with Crippen LogP contribution in [0.5, 0.6) is 5.75 Å². The largest absolute Gasteiger partial charge is 0.482 e. The van der Waals surface area contributed by atoms with Gasteiger partial charge in [0, 0.05) is 13.1 Å². The van der Waals surface area contributed by atoms with E-state index in [2.05, 4.69) is 10.1 Å². The van der Waals surface area contributed by atoms with E-state index in [-0.39, 0.29) is 12.3 Å². The van der Waals surface area contributed by atoms with Crippen LogP contribution >= 0.6 is 0 Å². The van der Waals surface area contributed by atoms with Crippen molar-refractivity contribution in [3.63, 3.8) is 0 Å². The summed E-state index contributed by atoms with van der Waals surface area (Å²) in [6.45, 7) is -0.321. The zero-order chi connectivity index (χ0) is 16.9. The monoisotopic (exact) mass is 324 g/mol. The molecule has 0 fully saturated rings. The third kappa shape index (κ3) is 5.40. The van der Waals surface area contributed by atoms with E-state index in [0.29, 0.717) is 0 Å². The lowest BCUT2D eigenvalue weighted by molar-refractivity contribution is -0.153. The maximum absolute atomic E-state index is 13.1. The van der Waals surface area contributed by atoms with Crippen LogP contribution in [0.3, 0.4) is 0 Å². The molecule has 1 unspecified atom stereocenters. The van der Waals surface area contributed by atoms with Gasteiger partial charge in [0.25, 0.3) is 0 Å². The molecule has 2 N–H and O–H groups in total. The molecule has 1 atom stereocenters. The molecule has 0 aliphatic carbocycles. The van der Waals surface area contributed by atoms with Gasteiger partial charge in [0.2, 0.25) is 0 Å². The second kappa shape index (κ2) is 7.30. The van der Waals surface area contributed by atoms with Gasteiger partial charge in [-0.1, -0.05) is 0 Å². The van der Waals surface area contributed by atoms with Crippen molar-refractivity contribution in [2.24, 2.45) is 0 Å². The van der Waals surface area contributed by atoms with Crippen LogP contribution in [0, 0.1) is 5.82 Å². The number of nitrogens with zero attached hydrogens (tertiary/aromatic N) is 1. The Balaban J connectivity index is 2.88. The highest BCUT2D eigenvalue weighted by atomic mass is 19.4. The maximum Gasteiger partial charge on any atom is 0.422 e. The normalized spacial score (nSPS) is 12.7. The molecule has 0 heterocycles. The molecular weight excluding hydrogens is 308 g/mol. The van der Waals surface area contributed by atoms with Crippen LogP contribution in [0.1, 0.15) is 6.92 Å². The number of nitrogens with one attached hydrogen (secondary N) is 1. The van der Waals surface area contributed by atoms with Crippen LogP contribution in [-0.4, -0.2) is 48.5 Å². The molecule has 1 aromatic rings. The minimum atomic E-state index is -4.59. The number of alkyl halides is 3. The van der Waals surface area contributed by atoms with Crippen molar-refractivity contribution < 1.29 is 32.2 Å². The Kier molecular flexibility index (Phi) is 5.98. The number of aliphatic hydroxyl groups excluding tert-OH is 1. The molecule has 1 aromatic carbocycles. The Hall–Kier alpha value is -2.03. The lowest BCUT2D eigenvalue weighted by Crippen LogP contribution is -2.40. The molecule has 2 amide bonds. The van der Waals surface area contributed by atoms with Gasteiger partial charge in [-0.3, -0.25) is 0 Å². The van der Waals surface area contributed by atoms with Crippen LogP contribution in [0.15, 0.2) is 18.2 Å². The highest BCUT2D eigenvalue weighted by Crippen LogP contribution is 2.28. The number of aliphatic hydroxyl groups is 1. The number of likely N-dealkylation sites (N-methyl/N-ethyl adjacent to an activating group) is 1. The van der Waals surface area contributed by atoms with Gasteiger partial charge in [-0.15, -0.1) is 0 Å². The second-order valence-corrected chi connectivity index (χ2v) is 4.62. The average Bonchev–Trinajstić information content (AvgIpc) is 2.44. The van der Waals surface area contributed by atoms with Gasteiger partial charge in [0.05, 0.1) is 18.3 Å². The highest BCUT2D eigenvalue weighted by molar-refractivity contribution is 5.91. The number of carbonyl (C=O) groups excluding carboxylic acids is 1. The molecule has 22 heavy (non-hydrogen) atoms. The molecule has 0 aliphatic rings. The fourth-order valence-corrected chi connectivity index (χ4v) is 1.40. The Morgan fingerprint density at radius 2 is 2.09 bits per heavy atom. The van der Waals surface area contributed by atoms with E-state index in [4.69, 9.17) is 5.11 Å². The van der Waals surface area contributed by atoms with Crippen molar-refractivity contribution in [3.8, 4) is 5.75 Å². The van der Waals surface area contributed by atoms with Crippen LogP contribution < -0.4 is 10.1 Å². The molecule has 124 valence electrons. The maximum atomic E-state index is 13.1. The lowest BCUT2D eigenvalue weighted by Gasteiger charge is -2.24. The van der Waals surface area contributed by atoms with E-state index >= 15 is 0 Å². The van der Waals surface area contributed by atoms with E-state index in [9.17, 15) is 22.4 Å². The highest BCUT2D eigenvalue weighted by Gasteiger charge is 2.29. The number of hydrogen-bond acceptors (Lipinski definition) is 3. The summed E-state index contributed by atoms with van der Waals surface area (Å²) in [7, 11) is 1.40. The molecule has 0 saturated carbocycles. The van der Waals surface area contributed by atoms with Crippen LogP contribution in [0.25, 0.3) is 0 Å². The van der Waals surface area contributed by atoms with Crippen LogP contribution in [0.4, 0.5) is 28.0 Å². The fraction of sp³-hybridized carbons (Fsp3) is 0.462. The van der Waals surface area contributed by atoms with Gasteiger partial charge < -0.3 is 20.1 Å². The fourth-order valence-electron chi connectivity index (χ4n) is 1.40. The molecule has 0 saturated heterocycles. The number of amides is 2. The van der Waals surface area contributed by atoms with Gasteiger partial charge in [0.1, 0.15) is 11.6 Å². The number of benzene rings is 1. The predicted molar refractivity (Wildman–Crippen MR) is 71.3 cm³/mol. The molecule has 5 nitrogen and oxygen atoms in total. The molecule has 0 aliphatic heterocycles. The number of anilines is 1. The third-order valence-electron chi connectivity index (χ3n) is 2.82. The number of urea groups is 1. The summed E-state index contributed by atoms with van der Waals surface area (Å²) >= 11 is 0. The van der Waals surface area contributed by atoms with Crippen molar-refractivity contribution in [2.45, 2.75) is 19.1 Å². The standard InChI is InChI=1S/C13H16F4N2O3/c1-8(6-20)19(2)12(21)18-10-4-3-9(14)5-11(10)22-7-13(15,16)17/h3-5,8,20H,6-7H2,1-2H3,(H,18,21). The number of carbonyl (C=O) groups is 1. The number of ether oxygens (including phenoxy) is 1. The molecular formula is C13H16F4N2O3. The van der Waals surface area contributed by atoms with Crippen LogP contribution in [0.2, 0.25) is 0 Å². The smallest absolute Gasteiger partial charge is 0.422 e. The summed E-state index contributed by atoms with van der Waals surface area (Å²) < 4.78 is 54.2. The molecule has 9 heteroatoms. The molecule has 0 aromatic heterocycles. The SMILES string of the molecule is CC(CO)N(C)C(=O)Nc1ccc(F)cc1OCC(F)(F)F. The first-order valence-electron chi connectivity index (χ1n) is 6.28. The average molecular weight is 324 g/mol. The predicted octanol–water partition coefficient (Wildman–Crippen LogP) is 2.61. The summed E-state index contributed by atoms with van der Waals surface area (Å²) in [5.74, 6) is -1.23. The zero-order valence-electron chi connectivity index (χ0n) is 11.9. The molecule has 0 spiro atoms. The Labute approximate surface area is 124 Å². The van der Waals surface area contributed by atoms with E-state index in [1.807, 2.05) is 0 Å². The summed E-state index contributed by atoms with van der Waals surface area (Å²) in [6.07, 6.45) is -4.59. The van der Waals surface area contributed by atoms with E-state index in [1.165, 1.54) is 7.05 Å². The minimum Gasteiger partial charge on any atom is -0.482 e. The van der Waals surface area contributed by atoms with Crippen molar-refractivity contribution in [2.75, 3.05) is 25.6 Å².